The van der Waals surface area contributed by atoms with Crippen molar-refractivity contribution in [2.45, 2.75) is 13.8 Å². The molecule has 4 nitrogen and oxygen atoms in total. The fourth-order valence-electron chi connectivity index (χ4n) is 3.39. The second-order valence-electron chi connectivity index (χ2n) is 5.96. The Morgan fingerprint density at radius 2 is 2.00 bits per heavy atom. The van der Waals surface area contributed by atoms with E-state index >= 15 is 4.39 Å². The fourth-order valence-corrected chi connectivity index (χ4v) is 4.40. The normalized spacial score (nSPS) is 19.7. The van der Waals surface area contributed by atoms with Crippen LogP contribution >= 0.6 is 27.5 Å². The van der Waals surface area contributed by atoms with Crippen molar-refractivity contribution < 1.29 is 14.2 Å². The number of nitrogens with zero attached hydrogens (tertiary/aromatic N) is 2. The summed E-state index contributed by atoms with van der Waals surface area (Å²) in [6.07, 6.45) is 0. The summed E-state index contributed by atoms with van der Waals surface area (Å²) in [6.45, 7) is 3.32. The molecule has 26 heavy (non-hydrogen) atoms. The molecule has 136 valence electrons. The molecule has 0 aliphatic carbocycles. The lowest BCUT2D eigenvalue weighted by atomic mass is 10.1. The van der Waals surface area contributed by atoms with Gasteiger partial charge in [-0.2, -0.15) is 9.48 Å². The number of hydrogen-bond donors (Lipinski definition) is 1. The van der Waals surface area contributed by atoms with E-state index < -0.39 is 5.82 Å². The highest BCUT2D eigenvalue weighted by Crippen LogP contribution is 2.51. The van der Waals surface area contributed by atoms with E-state index in [1.165, 1.54) is 6.07 Å². The van der Waals surface area contributed by atoms with Gasteiger partial charge in [-0.15, -0.1) is 0 Å². The van der Waals surface area contributed by atoms with Crippen LogP contribution in [0.15, 0.2) is 57.3 Å². The first kappa shape index (κ1) is 19.0. The lowest BCUT2D eigenvalue weighted by Gasteiger charge is -2.35. The molecule has 0 spiro atoms. The first-order chi connectivity index (χ1) is 12.4. The van der Waals surface area contributed by atoms with Crippen LogP contribution in [0.2, 0.25) is 0 Å². The van der Waals surface area contributed by atoms with Crippen LogP contribution in [0.1, 0.15) is 12.5 Å². The van der Waals surface area contributed by atoms with Gasteiger partial charge in [-0.1, -0.05) is 6.07 Å². The van der Waals surface area contributed by atoms with Crippen molar-refractivity contribution in [1.29, 1.82) is 0 Å². The van der Waals surface area contributed by atoms with E-state index in [-0.39, 0.29) is 22.1 Å². The van der Waals surface area contributed by atoms with E-state index in [0.29, 0.717) is 27.3 Å². The van der Waals surface area contributed by atoms with Gasteiger partial charge in [0.2, 0.25) is 5.69 Å². The maximum absolute atomic E-state index is 15.0. The molecule has 1 aliphatic rings. The topological polar surface area (TPSA) is 41.8 Å². The largest absolute Gasteiger partial charge is 0.497 e. The van der Waals surface area contributed by atoms with E-state index in [0.717, 1.165) is 5.56 Å². The number of ether oxygens (including phenoxy) is 1. The number of para-hydroxylation sites is 1. The molecule has 0 amide bonds. The average Bonchev–Trinajstić information content (AvgIpc) is 2.84. The van der Waals surface area contributed by atoms with Crippen LogP contribution < -0.4 is 9.22 Å². The highest BCUT2D eigenvalue weighted by atomic mass is 79.9. The van der Waals surface area contributed by atoms with Crippen LogP contribution in [0.3, 0.4) is 0 Å². The first-order valence-corrected chi connectivity index (χ1v) is 9.09. The molecular formula is C19H18BrClFN2O2+. The van der Waals surface area contributed by atoms with Crippen LogP contribution in [-0.2, 0) is 0 Å². The molecule has 1 N–H and O–H groups in total. The monoisotopic (exact) mass is 439 g/mol. The standard InChI is InChI=1S/C19H18BrClFN2O2/c1-11-9-13(26-3)7-8-16(11)24(17(10-25)12(2)23-19(24)21)18-14(20)5-4-6-15(18)22/h4-9,25H,10H2,1-3H3/q+1. The second kappa shape index (κ2) is 7.12. The number of allylic oxidation sites excluding steroid dienone is 1. The third-order valence-electron chi connectivity index (χ3n) is 4.55. The lowest BCUT2D eigenvalue weighted by molar-refractivity contribution is 0.309. The zero-order chi connectivity index (χ0) is 19.1. The summed E-state index contributed by atoms with van der Waals surface area (Å²) in [5.41, 5.74) is 2.84. The minimum atomic E-state index is -0.455. The van der Waals surface area contributed by atoms with Crippen molar-refractivity contribution in [3.8, 4) is 5.75 Å². The van der Waals surface area contributed by atoms with E-state index in [9.17, 15) is 5.11 Å². The minimum Gasteiger partial charge on any atom is -0.497 e. The maximum atomic E-state index is 15.0. The molecule has 0 radical (unpaired) electrons. The van der Waals surface area contributed by atoms with E-state index in [1.807, 2.05) is 19.1 Å². The Morgan fingerprint density at radius 1 is 1.27 bits per heavy atom. The van der Waals surface area contributed by atoms with Crippen molar-refractivity contribution >= 4 is 44.2 Å². The Kier molecular flexibility index (Phi) is 5.21. The van der Waals surface area contributed by atoms with Crippen LogP contribution in [-0.4, -0.2) is 24.1 Å². The number of methoxy groups -OCH3 is 1. The number of hydrogen-bond acceptors (Lipinski definition) is 3. The number of halogens is 3. The smallest absolute Gasteiger partial charge is 0.315 e. The van der Waals surface area contributed by atoms with Crippen LogP contribution in [0.5, 0.6) is 5.75 Å². The van der Waals surface area contributed by atoms with Gasteiger partial charge in [-0.3, -0.25) is 0 Å². The van der Waals surface area contributed by atoms with Gasteiger partial charge in [0.05, 0.1) is 11.6 Å². The number of aliphatic imine (C=N–C) groups is 1. The molecular weight excluding hydrogens is 423 g/mol. The summed E-state index contributed by atoms with van der Waals surface area (Å²) in [5.74, 6) is 0.221. The Balaban J connectivity index is 2.45. The Bertz CT molecular complexity index is 925. The number of aliphatic hydroxyl groups excluding tert-OH is 1. The summed E-state index contributed by atoms with van der Waals surface area (Å²) >= 11 is 10.1. The summed E-state index contributed by atoms with van der Waals surface area (Å²) in [6, 6.07) is 10.2. The molecule has 2 aromatic rings. The van der Waals surface area contributed by atoms with Gasteiger partial charge in [0, 0.05) is 23.2 Å². The van der Waals surface area contributed by atoms with Gasteiger partial charge in [0.15, 0.2) is 17.2 Å². The highest BCUT2D eigenvalue weighted by molar-refractivity contribution is 9.10. The Morgan fingerprint density at radius 3 is 2.58 bits per heavy atom. The number of benzene rings is 2. The number of amidine groups is 1. The predicted octanol–water partition coefficient (Wildman–Crippen LogP) is 5.38. The van der Waals surface area contributed by atoms with E-state index in [1.54, 1.807) is 32.2 Å². The molecule has 1 aliphatic heterocycles. The number of aryl methyl sites for hydroxylation is 1. The second-order valence-corrected chi connectivity index (χ2v) is 7.16. The summed E-state index contributed by atoms with van der Waals surface area (Å²) in [4.78, 5) is 4.37. The van der Waals surface area contributed by atoms with Crippen LogP contribution in [0.4, 0.5) is 15.8 Å². The molecule has 0 saturated heterocycles. The number of quaternary nitrogens is 1. The van der Waals surface area contributed by atoms with Gasteiger partial charge < -0.3 is 9.84 Å². The Labute approximate surface area is 164 Å². The summed E-state index contributed by atoms with van der Waals surface area (Å²) in [7, 11) is 1.58. The predicted molar refractivity (Wildman–Crippen MR) is 106 cm³/mol. The molecule has 0 saturated carbocycles. The molecule has 2 aromatic carbocycles. The molecule has 1 unspecified atom stereocenters. The third kappa shape index (κ3) is 2.68. The SMILES string of the molecule is COc1ccc([N+]2(c3c(F)cccc3Br)C(Cl)=NC(C)=C2CO)c(C)c1. The van der Waals surface area contributed by atoms with Gasteiger partial charge >= 0.3 is 5.29 Å². The van der Waals surface area contributed by atoms with Crippen molar-refractivity contribution in [2.24, 2.45) is 4.99 Å². The molecule has 0 aromatic heterocycles. The van der Waals surface area contributed by atoms with E-state index in [4.69, 9.17) is 16.3 Å². The maximum Gasteiger partial charge on any atom is 0.315 e. The lowest BCUT2D eigenvalue weighted by Crippen LogP contribution is -2.46. The molecule has 0 fully saturated rings. The molecule has 1 atom stereocenters. The van der Waals surface area contributed by atoms with Crippen LogP contribution in [0, 0.1) is 12.7 Å². The summed E-state index contributed by atoms with van der Waals surface area (Å²) < 4.78 is 20.5. The molecule has 0 bridgehead atoms. The number of aliphatic hydroxyl groups is 1. The van der Waals surface area contributed by atoms with Gasteiger partial charge in [0.25, 0.3) is 0 Å². The van der Waals surface area contributed by atoms with Crippen molar-refractivity contribution in [3.05, 3.63) is 63.6 Å². The zero-order valence-electron chi connectivity index (χ0n) is 14.6. The zero-order valence-corrected chi connectivity index (χ0v) is 16.9. The fraction of sp³-hybridized carbons (Fsp3) is 0.211. The van der Waals surface area contributed by atoms with E-state index in [2.05, 4.69) is 20.9 Å². The van der Waals surface area contributed by atoms with Crippen molar-refractivity contribution in [3.63, 3.8) is 0 Å². The third-order valence-corrected chi connectivity index (χ3v) is 5.53. The molecule has 3 rings (SSSR count). The number of rotatable bonds is 4. The van der Waals surface area contributed by atoms with Crippen molar-refractivity contribution in [1.82, 2.24) is 4.48 Å². The molecule has 7 heteroatoms. The first-order valence-electron chi connectivity index (χ1n) is 7.92. The molecule has 1 heterocycles. The summed E-state index contributed by atoms with van der Waals surface area (Å²) in [5, 5.41) is 10.3. The minimum absolute atomic E-state index is 0.144. The van der Waals surface area contributed by atoms with Gasteiger partial charge in [-0.25, -0.2) is 4.39 Å². The van der Waals surface area contributed by atoms with Gasteiger partial charge in [-0.05, 0) is 54.0 Å². The Hall–Kier alpha value is -1.73. The van der Waals surface area contributed by atoms with Crippen LogP contribution in [0.25, 0.3) is 0 Å². The van der Waals surface area contributed by atoms with Crippen molar-refractivity contribution in [2.75, 3.05) is 13.7 Å². The highest BCUT2D eigenvalue weighted by Gasteiger charge is 2.52. The van der Waals surface area contributed by atoms with Gasteiger partial charge in [0.1, 0.15) is 18.1 Å². The quantitative estimate of drug-likeness (QED) is 0.512. The average molecular weight is 441 g/mol.